The van der Waals surface area contributed by atoms with Crippen molar-refractivity contribution in [3.05, 3.63) is 18.0 Å². The van der Waals surface area contributed by atoms with E-state index in [1.165, 1.54) is 0 Å². The first-order valence-electron chi connectivity index (χ1n) is 7.20. The Bertz CT molecular complexity index is 430. The highest BCUT2D eigenvalue weighted by atomic mass is 16.6. The topological polar surface area (TPSA) is 67.6 Å². The van der Waals surface area contributed by atoms with Crippen molar-refractivity contribution in [2.24, 2.45) is 0 Å². The van der Waals surface area contributed by atoms with Gasteiger partial charge in [0.2, 0.25) is 0 Å². The lowest BCUT2D eigenvalue weighted by Gasteiger charge is -2.36. The number of nitrogens with one attached hydrogen (secondary N) is 1. The van der Waals surface area contributed by atoms with Crippen molar-refractivity contribution in [3.8, 4) is 0 Å². The Balaban J connectivity index is 2.49. The van der Waals surface area contributed by atoms with Crippen molar-refractivity contribution in [2.45, 2.75) is 59.2 Å². The Kier molecular flexibility index (Phi) is 5.78. The molecule has 0 aliphatic carbocycles. The third kappa shape index (κ3) is 6.62. The molecule has 0 fully saturated rings. The van der Waals surface area contributed by atoms with Crippen LogP contribution in [0.25, 0.3) is 0 Å². The summed E-state index contributed by atoms with van der Waals surface area (Å²) in [5.41, 5.74) is 0.0571. The molecule has 0 saturated heterocycles. The summed E-state index contributed by atoms with van der Waals surface area (Å²) in [7, 11) is 0. The molecule has 0 spiro atoms. The van der Waals surface area contributed by atoms with Crippen LogP contribution in [0.4, 0.5) is 4.79 Å². The maximum Gasteiger partial charge on any atom is 0.410 e. The smallest absolute Gasteiger partial charge is 0.410 e. The van der Waals surface area contributed by atoms with E-state index >= 15 is 0 Å². The average molecular weight is 297 g/mol. The third-order valence-corrected chi connectivity index (χ3v) is 2.73. The molecule has 1 aromatic rings. The average Bonchev–Trinajstić information content (AvgIpc) is 2.77. The van der Waals surface area contributed by atoms with Crippen LogP contribution in [0, 0.1) is 0 Å². The number of ether oxygens (including phenoxy) is 1. The summed E-state index contributed by atoms with van der Waals surface area (Å²) in [6.07, 6.45) is 1.25. The van der Waals surface area contributed by atoms with Gasteiger partial charge in [-0.15, -0.1) is 0 Å². The minimum atomic E-state index is -0.491. The van der Waals surface area contributed by atoms with Crippen LogP contribution in [-0.4, -0.2) is 40.4 Å². The number of nitrogens with zero attached hydrogens (tertiary/aromatic N) is 2. The maximum absolute atomic E-state index is 12.3. The lowest BCUT2D eigenvalue weighted by atomic mass is 10.1. The van der Waals surface area contributed by atoms with E-state index < -0.39 is 5.60 Å². The summed E-state index contributed by atoms with van der Waals surface area (Å²) >= 11 is 0. The molecule has 1 N–H and O–H groups in total. The van der Waals surface area contributed by atoms with Crippen molar-refractivity contribution in [1.82, 2.24) is 15.4 Å². The summed E-state index contributed by atoms with van der Waals surface area (Å²) in [6, 6.07) is 1.81. The van der Waals surface area contributed by atoms with Gasteiger partial charge in [-0.25, -0.2) is 4.79 Å². The maximum atomic E-state index is 12.3. The standard InChI is InChI=1S/C15H27N3O3/c1-14(2,3)18(13(19)21-15(4,5)6)9-8-16-11-12-7-10-20-17-12/h7,10,16H,8-9,11H2,1-6H3. The van der Waals surface area contributed by atoms with Crippen LogP contribution in [0.3, 0.4) is 0 Å². The molecule has 0 bridgehead atoms. The zero-order valence-corrected chi connectivity index (χ0v) is 13.9. The van der Waals surface area contributed by atoms with Crippen LogP contribution in [0.5, 0.6) is 0 Å². The van der Waals surface area contributed by atoms with E-state index in [-0.39, 0.29) is 11.6 Å². The predicted molar refractivity (Wildman–Crippen MR) is 80.9 cm³/mol. The van der Waals surface area contributed by atoms with Crippen molar-refractivity contribution >= 4 is 6.09 Å². The Labute approximate surface area is 126 Å². The highest BCUT2D eigenvalue weighted by Crippen LogP contribution is 2.17. The summed E-state index contributed by atoms with van der Waals surface area (Å²) in [5.74, 6) is 0. The van der Waals surface area contributed by atoms with E-state index in [2.05, 4.69) is 10.5 Å². The Morgan fingerprint density at radius 1 is 1.33 bits per heavy atom. The normalized spacial score (nSPS) is 12.3. The van der Waals surface area contributed by atoms with E-state index in [0.29, 0.717) is 19.6 Å². The molecule has 6 heteroatoms. The molecule has 1 rings (SSSR count). The van der Waals surface area contributed by atoms with Gasteiger partial charge in [0.05, 0.1) is 5.69 Å². The monoisotopic (exact) mass is 297 g/mol. The number of hydrogen-bond donors (Lipinski definition) is 1. The van der Waals surface area contributed by atoms with Crippen LogP contribution in [0.2, 0.25) is 0 Å². The predicted octanol–water partition coefficient (Wildman–Crippen LogP) is 2.80. The zero-order chi connectivity index (χ0) is 16.1. The molecule has 1 heterocycles. The molecule has 21 heavy (non-hydrogen) atoms. The largest absolute Gasteiger partial charge is 0.444 e. The lowest BCUT2D eigenvalue weighted by Crippen LogP contribution is -2.50. The summed E-state index contributed by atoms with van der Waals surface area (Å²) < 4.78 is 10.2. The third-order valence-electron chi connectivity index (χ3n) is 2.73. The molecule has 6 nitrogen and oxygen atoms in total. The molecule has 1 aromatic heterocycles. The quantitative estimate of drug-likeness (QED) is 0.846. The number of carbonyl (C=O) groups excluding carboxylic acids is 1. The molecule has 0 unspecified atom stereocenters. The van der Waals surface area contributed by atoms with Gasteiger partial charge < -0.3 is 19.5 Å². The first kappa shape index (κ1) is 17.5. The van der Waals surface area contributed by atoms with Gasteiger partial charge in [0.1, 0.15) is 11.9 Å². The first-order valence-corrected chi connectivity index (χ1v) is 7.20. The van der Waals surface area contributed by atoms with Crippen LogP contribution < -0.4 is 5.32 Å². The Morgan fingerprint density at radius 3 is 2.48 bits per heavy atom. The van der Waals surface area contributed by atoms with E-state index in [1.807, 2.05) is 47.6 Å². The van der Waals surface area contributed by atoms with Crippen LogP contribution in [0.1, 0.15) is 47.2 Å². The molecular formula is C15H27N3O3. The number of rotatable bonds is 5. The molecule has 0 aliphatic heterocycles. The first-order chi connectivity index (χ1) is 9.59. The van der Waals surface area contributed by atoms with Gasteiger partial charge in [-0.3, -0.25) is 0 Å². The van der Waals surface area contributed by atoms with Gasteiger partial charge in [0.15, 0.2) is 0 Å². The second-order valence-electron chi connectivity index (χ2n) is 6.97. The zero-order valence-electron chi connectivity index (χ0n) is 13.9. The molecule has 1 amide bonds. The minimum Gasteiger partial charge on any atom is -0.444 e. The summed E-state index contributed by atoms with van der Waals surface area (Å²) in [6.45, 7) is 13.4. The Morgan fingerprint density at radius 2 is 2.00 bits per heavy atom. The van der Waals surface area contributed by atoms with Crippen molar-refractivity contribution in [1.29, 1.82) is 0 Å². The van der Waals surface area contributed by atoms with E-state index in [1.54, 1.807) is 11.2 Å². The lowest BCUT2D eigenvalue weighted by molar-refractivity contribution is 0.00662. The number of carbonyl (C=O) groups is 1. The fourth-order valence-electron chi connectivity index (χ4n) is 1.75. The van der Waals surface area contributed by atoms with Crippen LogP contribution in [0.15, 0.2) is 16.9 Å². The van der Waals surface area contributed by atoms with Crippen molar-refractivity contribution < 1.29 is 14.1 Å². The minimum absolute atomic E-state index is 0.293. The number of aromatic nitrogens is 1. The van der Waals surface area contributed by atoms with Crippen molar-refractivity contribution in [3.63, 3.8) is 0 Å². The highest BCUT2D eigenvalue weighted by Gasteiger charge is 2.30. The SMILES string of the molecule is CC(C)(C)OC(=O)N(CCNCc1ccon1)C(C)(C)C. The van der Waals surface area contributed by atoms with Gasteiger partial charge in [-0.2, -0.15) is 0 Å². The Hall–Kier alpha value is -1.56. The van der Waals surface area contributed by atoms with Crippen molar-refractivity contribution in [2.75, 3.05) is 13.1 Å². The molecule has 0 radical (unpaired) electrons. The molecule has 0 saturated carbocycles. The molecule has 120 valence electrons. The number of amides is 1. The highest BCUT2D eigenvalue weighted by molar-refractivity contribution is 5.69. The van der Waals surface area contributed by atoms with Gasteiger partial charge in [-0.05, 0) is 41.5 Å². The molecular weight excluding hydrogens is 270 g/mol. The second-order valence-corrected chi connectivity index (χ2v) is 6.97. The molecule has 0 aliphatic rings. The van der Waals surface area contributed by atoms with E-state index in [4.69, 9.17) is 9.26 Å². The summed E-state index contributed by atoms with van der Waals surface area (Å²) in [4.78, 5) is 14.0. The number of hydrogen-bond acceptors (Lipinski definition) is 5. The van der Waals surface area contributed by atoms with Gasteiger partial charge >= 0.3 is 6.09 Å². The van der Waals surface area contributed by atoms with Gasteiger partial charge in [-0.1, -0.05) is 5.16 Å². The van der Waals surface area contributed by atoms with Crippen LogP contribution in [-0.2, 0) is 11.3 Å². The fourth-order valence-corrected chi connectivity index (χ4v) is 1.75. The van der Waals surface area contributed by atoms with E-state index in [9.17, 15) is 4.79 Å². The summed E-state index contributed by atoms with van der Waals surface area (Å²) in [5, 5.41) is 7.06. The molecule has 0 atom stereocenters. The second kappa shape index (κ2) is 6.93. The molecule has 0 aromatic carbocycles. The fraction of sp³-hybridized carbons (Fsp3) is 0.733. The van der Waals surface area contributed by atoms with Crippen LogP contribution >= 0.6 is 0 Å². The van der Waals surface area contributed by atoms with Gasteiger partial charge in [0, 0.05) is 31.2 Å². The van der Waals surface area contributed by atoms with Gasteiger partial charge in [0.25, 0.3) is 0 Å². The van der Waals surface area contributed by atoms with E-state index in [0.717, 1.165) is 5.69 Å².